The monoisotopic (exact) mass is 406 g/mol. The Hall–Kier alpha value is -2.58. The fourth-order valence-electron chi connectivity index (χ4n) is 7.73. The van der Waals surface area contributed by atoms with Gasteiger partial charge >= 0.3 is 0 Å². The van der Waals surface area contributed by atoms with Gasteiger partial charge in [0.2, 0.25) is 0 Å². The van der Waals surface area contributed by atoms with Crippen LogP contribution in [0.3, 0.4) is 0 Å². The van der Waals surface area contributed by atoms with Crippen molar-refractivity contribution in [3.8, 4) is 5.69 Å². The van der Waals surface area contributed by atoms with Crippen LogP contribution in [0.1, 0.15) is 37.3 Å². The van der Waals surface area contributed by atoms with Crippen LogP contribution in [0.5, 0.6) is 0 Å². The number of hydrogen-bond acceptors (Lipinski definition) is 1. The van der Waals surface area contributed by atoms with E-state index in [0.29, 0.717) is 11.5 Å². The summed E-state index contributed by atoms with van der Waals surface area (Å²) in [5, 5.41) is 2.79. The van der Waals surface area contributed by atoms with E-state index in [-0.39, 0.29) is 0 Å². The Labute approximate surface area is 184 Å². The molecule has 2 unspecified atom stereocenters. The zero-order valence-corrected chi connectivity index (χ0v) is 18.5. The number of fused-ring (bicyclic) bond motifs is 3. The van der Waals surface area contributed by atoms with Gasteiger partial charge in [-0.1, -0.05) is 36.4 Å². The zero-order valence-electron chi connectivity index (χ0n) is 18.5. The third-order valence-electron chi connectivity index (χ3n) is 8.87. The van der Waals surface area contributed by atoms with Crippen LogP contribution in [-0.4, -0.2) is 28.6 Å². The Morgan fingerprint density at radius 1 is 0.806 bits per heavy atom. The van der Waals surface area contributed by atoms with E-state index in [4.69, 9.17) is 0 Å². The van der Waals surface area contributed by atoms with Gasteiger partial charge in [-0.25, -0.2) is 0 Å². The Kier molecular flexibility index (Phi) is 3.63. The molecule has 156 valence electrons. The van der Waals surface area contributed by atoms with Gasteiger partial charge in [0.1, 0.15) is 0 Å². The largest absolute Gasteiger partial charge is 0.309 e. The topological polar surface area (TPSA) is 8.17 Å². The number of piperidine rings is 3. The molecule has 4 bridgehead atoms. The minimum atomic E-state index is 0.332. The molecule has 3 atom stereocenters. The molecule has 3 aromatic carbocycles. The lowest BCUT2D eigenvalue weighted by Gasteiger charge is -2.62. The first kappa shape index (κ1) is 18.0. The van der Waals surface area contributed by atoms with Crippen molar-refractivity contribution in [2.75, 3.05) is 13.1 Å². The molecule has 31 heavy (non-hydrogen) atoms. The summed E-state index contributed by atoms with van der Waals surface area (Å²) in [6.07, 6.45) is 4.22. The number of aryl methyl sites for hydroxylation is 1. The first-order valence-electron chi connectivity index (χ1n) is 12.0. The Morgan fingerprint density at radius 2 is 1.52 bits per heavy atom. The van der Waals surface area contributed by atoms with Crippen LogP contribution >= 0.6 is 0 Å². The summed E-state index contributed by atoms with van der Waals surface area (Å²) in [6.45, 7) is 7.53. The standard InChI is InChI=1S/C29H30N2/c1-19-12-28-25(24-10-6-7-11-27(24)31(28)23-8-4-3-5-9-23)14-26(19)29-15-21-13-22(16-29)18-30(17-21)20(29)2/h3-12,14,20-22H,13,15-18H2,1-2H3/t20-,21?,22?,29?/m1/s1. The Morgan fingerprint density at radius 3 is 2.29 bits per heavy atom. The first-order chi connectivity index (χ1) is 15.1. The zero-order chi connectivity index (χ0) is 20.7. The lowest BCUT2D eigenvalue weighted by molar-refractivity contribution is -0.0788. The van der Waals surface area contributed by atoms with Gasteiger partial charge in [-0.3, -0.25) is 4.90 Å². The number of rotatable bonds is 2. The Balaban J connectivity index is 1.51. The molecule has 4 fully saturated rings. The van der Waals surface area contributed by atoms with Crippen molar-refractivity contribution >= 4 is 21.8 Å². The molecule has 4 heterocycles. The highest BCUT2D eigenvalue weighted by molar-refractivity contribution is 6.09. The average Bonchev–Trinajstić information content (AvgIpc) is 3.10. The van der Waals surface area contributed by atoms with Gasteiger partial charge in [-0.15, -0.1) is 0 Å². The SMILES string of the molecule is Cc1cc2c(cc1C13CC4CC(CN(C4)[C@@H]1C)C3)c1ccccc1n2-c1ccccc1. The highest BCUT2D eigenvalue weighted by Crippen LogP contribution is 2.56. The summed E-state index contributed by atoms with van der Waals surface area (Å²) >= 11 is 0. The van der Waals surface area contributed by atoms with Crippen molar-refractivity contribution in [2.24, 2.45) is 11.8 Å². The summed E-state index contributed by atoms with van der Waals surface area (Å²) in [5.41, 5.74) is 7.33. The molecule has 3 saturated heterocycles. The molecule has 2 heteroatoms. The predicted molar refractivity (Wildman–Crippen MR) is 129 cm³/mol. The summed E-state index contributed by atoms with van der Waals surface area (Å²) in [6, 6.07) is 25.5. The van der Waals surface area contributed by atoms with Crippen molar-refractivity contribution in [2.45, 2.75) is 44.6 Å². The molecule has 8 rings (SSSR count). The molecule has 1 saturated carbocycles. The normalized spacial score (nSPS) is 31.7. The second kappa shape index (κ2) is 6.23. The second-order valence-electron chi connectivity index (χ2n) is 10.5. The van der Waals surface area contributed by atoms with Gasteiger partial charge in [0, 0.05) is 41.0 Å². The van der Waals surface area contributed by atoms with Crippen molar-refractivity contribution in [1.29, 1.82) is 0 Å². The predicted octanol–water partition coefficient (Wildman–Crippen LogP) is 6.46. The number of hydrogen-bond donors (Lipinski definition) is 0. The molecule has 4 aromatic rings. The molecule has 0 amide bonds. The fraction of sp³-hybridized carbons (Fsp3) is 0.379. The van der Waals surface area contributed by atoms with Gasteiger partial charge in [-0.05, 0) is 86.4 Å². The smallest absolute Gasteiger partial charge is 0.0543 e. The van der Waals surface area contributed by atoms with Gasteiger partial charge in [0.05, 0.1) is 11.0 Å². The van der Waals surface area contributed by atoms with E-state index in [1.165, 1.54) is 65.4 Å². The lowest BCUT2D eigenvalue weighted by atomic mass is 9.53. The van der Waals surface area contributed by atoms with Crippen molar-refractivity contribution in [3.05, 3.63) is 77.9 Å². The van der Waals surface area contributed by atoms with Crippen LogP contribution in [-0.2, 0) is 5.41 Å². The van der Waals surface area contributed by atoms with E-state index >= 15 is 0 Å². The van der Waals surface area contributed by atoms with Crippen LogP contribution in [0.2, 0.25) is 0 Å². The highest BCUT2D eigenvalue weighted by Gasteiger charge is 2.55. The number of aromatic nitrogens is 1. The maximum atomic E-state index is 2.81. The van der Waals surface area contributed by atoms with Crippen molar-refractivity contribution < 1.29 is 0 Å². The van der Waals surface area contributed by atoms with Crippen LogP contribution in [0.25, 0.3) is 27.5 Å². The van der Waals surface area contributed by atoms with Crippen LogP contribution in [0.15, 0.2) is 66.7 Å². The Bertz CT molecular complexity index is 1300. The van der Waals surface area contributed by atoms with Crippen LogP contribution in [0, 0.1) is 18.8 Å². The molecule has 1 aromatic heterocycles. The molecule has 0 spiro atoms. The molecular formula is C29H30N2. The second-order valence-corrected chi connectivity index (χ2v) is 10.5. The van der Waals surface area contributed by atoms with E-state index in [0.717, 1.165) is 11.8 Å². The maximum absolute atomic E-state index is 2.81. The molecule has 0 N–H and O–H groups in total. The number of nitrogens with zero attached hydrogens (tertiary/aromatic N) is 2. The highest BCUT2D eigenvalue weighted by atomic mass is 15.2. The molecule has 0 radical (unpaired) electrons. The summed E-state index contributed by atoms with van der Waals surface area (Å²) in [5.74, 6) is 1.79. The van der Waals surface area contributed by atoms with E-state index in [9.17, 15) is 0 Å². The molecule has 4 aliphatic rings. The molecule has 3 aliphatic heterocycles. The van der Waals surface area contributed by atoms with E-state index in [1.54, 1.807) is 5.56 Å². The summed E-state index contributed by atoms with van der Waals surface area (Å²) < 4.78 is 2.45. The quantitative estimate of drug-likeness (QED) is 0.371. The third-order valence-corrected chi connectivity index (χ3v) is 8.87. The number of benzene rings is 3. The lowest BCUT2D eigenvalue weighted by Crippen LogP contribution is -2.65. The van der Waals surface area contributed by atoms with Crippen LogP contribution < -0.4 is 0 Å². The molecule has 2 nitrogen and oxygen atoms in total. The van der Waals surface area contributed by atoms with Gasteiger partial charge < -0.3 is 4.57 Å². The molecular weight excluding hydrogens is 376 g/mol. The van der Waals surface area contributed by atoms with E-state index in [1.807, 2.05) is 0 Å². The molecule has 1 aliphatic carbocycles. The average molecular weight is 407 g/mol. The van der Waals surface area contributed by atoms with Crippen LogP contribution in [0.4, 0.5) is 0 Å². The summed E-state index contributed by atoms with van der Waals surface area (Å²) in [4.78, 5) is 2.81. The maximum Gasteiger partial charge on any atom is 0.0543 e. The minimum absolute atomic E-state index is 0.332. The van der Waals surface area contributed by atoms with Gasteiger partial charge in [0.25, 0.3) is 0 Å². The van der Waals surface area contributed by atoms with E-state index in [2.05, 4.69) is 90.0 Å². The van der Waals surface area contributed by atoms with Gasteiger partial charge in [0.15, 0.2) is 0 Å². The van der Waals surface area contributed by atoms with Crippen molar-refractivity contribution in [1.82, 2.24) is 9.47 Å². The first-order valence-corrected chi connectivity index (χ1v) is 12.0. The van der Waals surface area contributed by atoms with Gasteiger partial charge in [-0.2, -0.15) is 0 Å². The summed E-state index contributed by atoms with van der Waals surface area (Å²) in [7, 11) is 0. The fourth-order valence-corrected chi connectivity index (χ4v) is 7.73. The van der Waals surface area contributed by atoms with Crippen molar-refractivity contribution in [3.63, 3.8) is 0 Å². The van der Waals surface area contributed by atoms with E-state index < -0.39 is 0 Å². The number of para-hydroxylation sites is 2. The minimum Gasteiger partial charge on any atom is -0.309 e. The third kappa shape index (κ3) is 2.37.